The highest BCUT2D eigenvalue weighted by Crippen LogP contribution is 2.36. The first-order chi connectivity index (χ1) is 13.0. The van der Waals surface area contributed by atoms with Crippen LogP contribution in [-0.2, 0) is 4.79 Å². The number of carbonyl (C=O) groups is 1. The van der Waals surface area contributed by atoms with Gasteiger partial charge >= 0.3 is 0 Å². The summed E-state index contributed by atoms with van der Waals surface area (Å²) < 4.78 is 16.2. The van der Waals surface area contributed by atoms with E-state index in [1.54, 1.807) is 25.3 Å². The molecule has 1 N–H and O–H groups in total. The van der Waals surface area contributed by atoms with Crippen LogP contribution < -0.4 is 24.4 Å². The predicted octanol–water partition coefficient (Wildman–Crippen LogP) is 3.88. The molecule has 2 rings (SSSR count). The average Bonchev–Trinajstić information content (AvgIpc) is 2.68. The minimum atomic E-state index is -0.237. The molecule has 2 aromatic carbocycles. The minimum Gasteiger partial charge on any atom is -0.493 e. The Hall–Kier alpha value is -2.89. The second-order valence-electron chi connectivity index (χ2n) is 6.00. The van der Waals surface area contributed by atoms with Gasteiger partial charge in [-0.25, -0.2) is 0 Å². The zero-order chi connectivity index (χ0) is 19.8. The lowest BCUT2D eigenvalue weighted by Crippen LogP contribution is -2.23. The van der Waals surface area contributed by atoms with Crippen molar-refractivity contribution in [2.75, 3.05) is 44.1 Å². The molecular weight excluding hydrogens is 344 g/mol. The van der Waals surface area contributed by atoms with Crippen molar-refractivity contribution in [1.29, 1.82) is 0 Å². The molecule has 0 aliphatic carbocycles. The number of hydrogen-bond acceptors (Lipinski definition) is 5. The van der Waals surface area contributed by atoms with Crippen LogP contribution >= 0.6 is 0 Å². The van der Waals surface area contributed by atoms with E-state index in [1.165, 1.54) is 7.11 Å². The molecule has 0 saturated carbocycles. The van der Waals surface area contributed by atoms with Gasteiger partial charge in [0.05, 0.1) is 14.2 Å². The molecule has 0 saturated heterocycles. The number of nitrogens with one attached hydrogen (secondary N) is 1. The predicted molar refractivity (Wildman–Crippen MR) is 108 cm³/mol. The van der Waals surface area contributed by atoms with Gasteiger partial charge in [0.25, 0.3) is 5.91 Å². The molecular formula is C21H28N2O4. The lowest BCUT2D eigenvalue weighted by molar-refractivity contribution is -0.118. The molecule has 0 bridgehead atoms. The van der Waals surface area contributed by atoms with Crippen LogP contribution in [0.15, 0.2) is 36.4 Å². The van der Waals surface area contributed by atoms with Crippen molar-refractivity contribution in [3.05, 3.63) is 42.0 Å². The number of amides is 1. The summed E-state index contributed by atoms with van der Waals surface area (Å²) in [6.07, 6.45) is 0. The molecule has 0 unspecified atom stereocenters. The largest absolute Gasteiger partial charge is 0.493 e. The number of methoxy groups -OCH3 is 2. The van der Waals surface area contributed by atoms with Crippen molar-refractivity contribution in [1.82, 2.24) is 0 Å². The van der Waals surface area contributed by atoms with Gasteiger partial charge in [-0.05, 0) is 56.7 Å². The Kier molecular flexibility index (Phi) is 7.34. The Balaban J connectivity index is 2.02. The summed E-state index contributed by atoms with van der Waals surface area (Å²) in [4.78, 5) is 14.6. The molecule has 0 spiro atoms. The van der Waals surface area contributed by atoms with E-state index in [-0.39, 0.29) is 12.5 Å². The first-order valence-electron chi connectivity index (χ1n) is 9.03. The summed E-state index contributed by atoms with van der Waals surface area (Å²) in [6.45, 7) is 7.99. The number of para-hydroxylation sites is 1. The van der Waals surface area contributed by atoms with Crippen LogP contribution in [0.1, 0.15) is 19.4 Å². The highest BCUT2D eigenvalue weighted by Gasteiger charge is 2.13. The Labute approximate surface area is 161 Å². The van der Waals surface area contributed by atoms with Crippen molar-refractivity contribution < 1.29 is 19.0 Å². The number of hydrogen-bond donors (Lipinski definition) is 1. The summed E-state index contributed by atoms with van der Waals surface area (Å²) in [5.74, 6) is 1.24. The van der Waals surface area contributed by atoms with Crippen LogP contribution in [0.5, 0.6) is 17.2 Å². The summed E-state index contributed by atoms with van der Waals surface area (Å²) in [6, 6.07) is 11.3. The number of ether oxygens (including phenoxy) is 3. The first-order valence-corrected chi connectivity index (χ1v) is 9.03. The topological polar surface area (TPSA) is 60.0 Å². The summed E-state index contributed by atoms with van der Waals surface area (Å²) in [5, 5.41) is 2.89. The summed E-state index contributed by atoms with van der Waals surface area (Å²) in [7, 11) is 3.09. The Morgan fingerprint density at radius 1 is 1.04 bits per heavy atom. The molecule has 0 fully saturated rings. The van der Waals surface area contributed by atoms with Crippen LogP contribution in [-0.4, -0.2) is 39.8 Å². The van der Waals surface area contributed by atoms with Gasteiger partial charge < -0.3 is 24.4 Å². The fraction of sp³-hybridized carbons (Fsp3) is 0.381. The minimum absolute atomic E-state index is 0.124. The van der Waals surface area contributed by atoms with E-state index >= 15 is 0 Å². The number of carbonyl (C=O) groups excluding carboxylic acids is 1. The van der Waals surface area contributed by atoms with Gasteiger partial charge in [-0.3, -0.25) is 4.79 Å². The Morgan fingerprint density at radius 3 is 2.33 bits per heavy atom. The maximum atomic E-state index is 12.3. The monoisotopic (exact) mass is 372 g/mol. The van der Waals surface area contributed by atoms with E-state index in [0.29, 0.717) is 17.2 Å². The van der Waals surface area contributed by atoms with E-state index in [4.69, 9.17) is 14.2 Å². The van der Waals surface area contributed by atoms with Gasteiger partial charge in [-0.2, -0.15) is 0 Å². The highest BCUT2D eigenvalue weighted by molar-refractivity contribution is 5.93. The van der Waals surface area contributed by atoms with E-state index in [0.717, 1.165) is 30.0 Å². The van der Waals surface area contributed by atoms with Crippen molar-refractivity contribution in [3.63, 3.8) is 0 Å². The quantitative estimate of drug-likeness (QED) is 0.724. The number of aryl methyl sites for hydroxylation is 1. The van der Waals surface area contributed by atoms with Crippen LogP contribution in [0.4, 0.5) is 11.4 Å². The smallest absolute Gasteiger partial charge is 0.262 e. The van der Waals surface area contributed by atoms with Crippen LogP contribution in [0, 0.1) is 6.92 Å². The molecule has 1 amide bonds. The number of benzene rings is 2. The Bertz CT molecular complexity index is 773. The summed E-state index contributed by atoms with van der Waals surface area (Å²) >= 11 is 0. The zero-order valence-electron chi connectivity index (χ0n) is 16.7. The fourth-order valence-corrected chi connectivity index (χ4v) is 2.87. The second kappa shape index (κ2) is 9.71. The molecule has 0 radical (unpaired) electrons. The number of nitrogens with zero attached hydrogens (tertiary/aromatic N) is 1. The van der Waals surface area contributed by atoms with Gasteiger partial charge in [0.1, 0.15) is 0 Å². The van der Waals surface area contributed by atoms with Crippen molar-refractivity contribution >= 4 is 17.3 Å². The molecule has 0 aliphatic heterocycles. The second-order valence-corrected chi connectivity index (χ2v) is 6.00. The molecule has 146 valence electrons. The lowest BCUT2D eigenvalue weighted by atomic mass is 10.1. The third-order valence-electron chi connectivity index (χ3n) is 4.34. The molecule has 6 heteroatoms. The van der Waals surface area contributed by atoms with E-state index in [1.807, 2.05) is 19.1 Å². The maximum Gasteiger partial charge on any atom is 0.262 e. The van der Waals surface area contributed by atoms with E-state index < -0.39 is 0 Å². The average molecular weight is 372 g/mol. The van der Waals surface area contributed by atoms with Gasteiger partial charge in [0, 0.05) is 24.5 Å². The molecule has 0 heterocycles. The third kappa shape index (κ3) is 5.06. The van der Waals surface area contributed by atoms with Crippen molar-refractivity contribution in [3.8, 4) is 17.2 Å². The molecule has 2 aromatic rings. The SMILES string of the molecule is CCN(CC)c1ccc(NC(=O)COc2cccc(OC)c2OC)c(C)c1. The van der Waals surface area contributed by atoms with Crippen LogP contribution in [0.25, 0.3) is 0 Å². The molecule has 0 atom stereocenters. The standard InChI is InChI=1S/C21H28N2O4/c1-6-23(7-2)16-11-12-17(15(3)13-16)22-20(24)14-27-19-10-8-9-18(25-4)21(19)26-5/h8-13H,6-7,14H2,1-5H3,(H,22,24). The van der Waals surface area contributed by atoms with E-state index in [9.17, 15) is 4.79 Å². The molecule has 0 aromatic heterocycles. The Morgan fingerprint density at radius 2 is 1.74 bits per heavy atom. The zero-order valence-corrected chi connectivity index (χ0v) is 16.7. The normalized spacial score (nSPS) is 10.3. The van der Waals surface area contributed by atoms with Crippen LogP contribution in [0.3, 0.4) is 0 Å². The number of anilines is 2. The first kappa shape index (κ1) is 20.4. The lowest BCUT2D eigenvalue weighted by Gasteiger charge is -2.22. The molecule has 0 aliphatic rings. The third-order valence-corrected chi connectivity index (χ3v) is 4.34. The summed E-state index contributed by atoms with van der Waals surface area (Å²) in [5.41, 5.74) is 2.93. The van der Waals surface area contributed by atoms with Gasteiger partial charge in [-0.15, -0.1) is 0 Å². The molecule has 27 heavy (non-hydrogen) atoms. The fourth-order valence-electron chi connectivity index (χ4n) is 2.87. The van der Waals surface area contributed by atoms with Crippen molar-refractivity contribution in [2.24, 2.45) is 0 Å². The van der Waals surface area contributed by atoms with Crippen molar-refractivity contribution in [2.45, 2.75) is 20.8 Å². The van der Waals surface area contributed by atoms with Crippen LogP contribution in [0.2, 0.25) is 0 Å². The van der Waals surface area contributed by atoms with E-state index in [2.05, 4.69) is 30.1 Å². The van der Waals surface area contributed by atoms with Gasteiger partial charge in [0.2, 0.25) is 5.75 Å². The molecule has 6 nitrogen and oxygen atoms in total. The maximum absolute atomic E-state index is 12.3. The van der Waals surface area contributed by atoms with Gasteiger partial charge in [0.15, 0.2) is 18.1 Å². The number of rotatable bonds is 9. The van der Waals surface area contributed by atoms with Gasteiger partial charge in [-0.1, -0.05) is 6.07 Å². The highest BCUT2D eigenvalue weighted by atomic mass is 16.5.